The Morgan fingerprint density at radius 3 is 2.80 bits per heavy atom. The Morgan fingerprint density at radius 1 is 1.20 bits per heavy atom. The number of aliphatic imine (C=N–C) groups is 1. The summed E-state index contributed by atoms with van der Waals surface area (Å²) < 4.78 is 17.1. The lowest BCUT2D eigenvalue weighted by Crippen LogP contribution is -2.39. The molecule has 0 spiro atoms. The molecule has 2 heterocycles. The van der Waals surface area contributed by atoms with Crippen molar-refractivity contribution in [2.45, 2.75) is 58.0 Å². The largest absolute Gasteiger partial charge is 0.494 e. The number of carbonyl (C=O) groups is 2. The van der Waals surface area contributed by atoms with Crippen molar-refractivity contribution >= 4 is 17.5 Å². The molecule has 1 aliphatic carbocycles. The molecule has 3 atom stereocenters. The molecule has 1 aromatic carbocycles. The molecule has 1 saturated heterocycles. The van der Waals surface area contributed by atoms with E-state index in [-0.39, 0.29) is 18.5 Å². The van der Waals surface area contributed by atoms with Crippen molar-refractivity contribution in [1.29, 1.82) is 0 Å². The number of benzene rings is 1. The summed E-state index contributed by atoms with van der Waals surface area (Å²) in [4.78, 5) is 30.9. The minimum absolute atomic E-state index is 0.0528. The molecule has 4 rings (SSSR count). The molecule has 1 aromatic rings. The van der Waals surface area contributed by atoms with E-state index in [1.165, 1.54) is 0 Å². The average molecular weight is 411 g/mol. The maximum absolute atomic E-state index is 13.2. The fraction of sp³-hybridized carbons (Fsp3) is 0.542. The molecule has 0 amide bonds. The molecular formula is C24H29NO5. The number of hydrogen-bond donors (Lipinski definition) is 0. The van der Waals surface area contributed by atoms with Crippen LogP contribution in [0, 0.1) is 5.92 Å². The molecule has 1 saturated carbocycles. The highest BCUT2D eigenvalue weighted by Gasteiger charge is 2.44. The van der Waals surface area contributed by atoms with Crippen molar-refractivity contribution in [1.82, 2.24) is 0 Å². The van der Waals surface area contributed by atoms with Gasteiger partial charge in [-0.25, -0.2) is 4.79 Å². The number of Topliss-reactive ketones (excluding diaryl/α,β-unsaturated/α-hetero) is 1. The van der Waals surface area contributed by atoms with Gasteiger partial charge in [-0.3, -0.25) is 9.79 Å². The summed E-state index contributed by atoms with van der Waals surface area (Å²) in [6, 6.07) is 7.66. The number of ketones is 1. The molecule has 3 aliphatic rings. The van der Waals surface area contributed by atoms with Gasteiger partial charge in [0.2, 0.25) is 0 Å². The van der Waals surface area contributed by atoms with E-state index in [1.54, 1.807) is 0 Å². The number of rotatable bonds is 6. The number of fused-ring (bicyclic) bond motifs is 1. The Morgan fingerprint density at radius 2 is 2.03 bits per heavy atom. The first-order chi connectivity index (χ1) is 14.6. The summed E-state index contributed by atoms with van der Waals surface area (Å²) in [5.74, 6) is -0.463. The second-order valence-corrected chi connectivity index (χ2v) is 8.08. The molecule has 0 aromatic heterocycles. The van der Waals surface area contributed by atoms with E-state index in [2.05, 4.69) is 0 Å². The predicted molar refractivity (Wildman–Crippen MR) is 113 cm³/mol. The van der Waals surface area contributed by atoms with Crippen LogP contribution >= 0.6 is 0 Å². The summed E-state index contributed by atoms with van der Waals surface area (Å²) in [5.41, 5.74) is 2.81. The minimum atomic E-state index is -0.440. The van der Waals surface area contributed by atoms with E-state index in [0.717, 1.165) is 37.0 Å². The standard InChI is InChI=1S/C24H29NO5/c1-3-28-20-12-5-4-9-17(20)22-21(24(27)30-14-16-8-7-13-29-16)15(2)25-18-10-6-11-19(26)23(18)22/h4-5,9,12,16,22-23H,3,6-8,10-11,13-14H2,1-2H3/t16-,22+,23?/m0/s1. The van der Waals surface area contributed by atoms with Crippen LogP contribution in [0.4, 0.5) is 0 Å². The molecule has 30 heavy (non-hydrogen) atoms. The van der Waals surface area contributed by atoms with Crippen molar-refractivity contribution < 1.29 is 23.8 Å². The summed E-state index contributed by atoms with van der Waals surface area (Å²) in [7, 11) is 0. The number of ether oxygens (including phenoxy) is 3. The number of carbonyl (C=O) groups excluding carboxylic acids is 2. The van der Waals surface area contributed by atoms with Crippen molar-refractivity contribution in [3.63, 3.8) is 0 Å². The van der Waals surface area contributed by atoms with Crippen LogP contribution in [-0.2, 0) is 19.1 Å². The van der Waals surface area contributed by atoms with Gasteiger partial charge in [0, 0.05) is 35.9 Å². The number of allylic oxidation sites excluding steroid dienone is 1. The highest BCUT2D eigenvalue weighted by atomic mass is 16.6. The van der Waals surface area contributed by atoms with Gasteiger partial charge in [-0.2, -0.15) is 0 Å². The zero-order chi connectivity index (χ0) is 21.1. The van der Waals surface area contributed by atoms with Crippen molar-refractivity contribution in [2.24, 2.45) is 10.9 Å². The molecule has 0 radical (unpaired) electrons. The van der Waals surface area contributed by atoms with E-state index < -0.39 is 17.8 Å². The zero-order valence-corrected chi connectivity index (χ0v) is 17.7. The zero-order valence-electron chi connectivity index (χ0n) is 17.7. The van der Waals surface area contributed by atoms with Gasteiger partial charge in [-0.1, -0.05) is 18.2 Å². The maximum atomic E-state index is 13.2. The lowest BCUT2D eigenvalue weighted by Gasteiger charge is -2.36. The van der Waals surface area contributed by atoms with Crippen molar-refractivity contribution in [3.05, 3.63) is 41.1 Å². The SMILES string of the molecule is CCOc1ccccc1[C@@H]1C(C(=O)OC[C@@H]2CCCO2)=C(C)N=C2CCCC(=O)C21. The summed E-state index contributed by atoms with van der Waals surface area (Å²) >= 11 is 0. The van der Waals surface area contributed by atoms with Crippen molar-refractivity contribution in [3.8, 4) is 5.75 Å². The van der Waals surface area contributed by atoms with E-state index in [0.29, 0.717) is 36.7 Å². The lowest BCUT2D eigenvalue weighted by molar-refractivity contribution is -0.142. The van der Waals surface area contributed by atoms with Gasteiger partial charge in [0.25, 0.3) is 0 Å². The van der Waals surface area contributed by atoms with Gasteiger partial charge in [0.1, 0.15) is 18.1 Å². The average Bonchev–Trinajstić information content (AvgIpc) is 3.26. The molecule has 2 fully saturated rings. The number of esters is 1. The van der Waals surface area contributed by atoms with Gasteiger partial charge in [-0.15, -0.1) is 0 Å². The molecule has 0 bridgehead atoms. The van der Waals surface area contributed by atoms with Crippen molar-refractivity contribution in [2.75, 3.05) is 19.8 Å². The van der Waals surface area contributed by atoms with Crippen LogP contribution in [0.1, 0.15) is 57.4 Å². The topological polar surface area (TPSA) is 74.2 Å². The van der Waals surface area contributed by atoms with Gasteiger partial charge < -0.3 is 14.2 Å². The van der Waals surface area contributed by atoms with Crippen LogP contribution < -0.4 is 4.74 Å². The van der Waals surface area contributed by atoms with Crippen LogP contribution in [0.3, 0.4) is 0 Å². The Hall–Kier alpha value is -2.47. The number of nitrogens with zero attached hydrogens (tertiary/aromatic N) is 1. The van der Waals surface area contributed by atoms with Crippen LogP contribution in [-0.4, -0.2) is 43.4 Å². The molecule has 6 nitrogen and oxygen atoms in total. The Bertz CT molecular complexity index is 881. The second-order valence-electron chi connectivity index (χ2n) is 8.08. The van der Waals surface area contributed by atoms with Gasteiger partial charge in [-0.05, 0) is 45.6 Å². The van der Waals surface area contributed by atoms with Crippen LogP contribution in [0.25, 0.3) is 0 Å². The fourth-order valence-electron chi connectivity index (χ4n) is 4.77. The van der Waals surface area contributed by atoms with E-state index in [4.69, 9.17) is 19.2 Å². The number of para-hydroxylation sites is 1. The highest BCUT2D eigenvalue weighted by molar-refractivity contribution is 6.11. The van der Waals surface area contributed by atoms with E-state index in [9.17, 15) is 9.59 Å². The smallest absolute Gasteiger partial charge is 0.336 e. The molecular weight excluding hydrogens is 382 g/mol. The predicted octanol–water partition coefficient (Wildman–Crippen LogP) is 3.99. The minimum Gasteiger partial charge on any atom is -0.494 e. The normalized spacial score (nSPS) is 26.3. The monoisotopic (exact) mass is 411 g/mol. The molecule has 1 unspecified atom stereocenters. The van der Waals surface area contributed by atoms with Gasteiger partial charge >= 0.3 is 5.97 Å². The summed E-state index contributed by atoms with van der Waals surface area (Å²) in [6.45, 7) is 5.20. The second kappa shape index (κ2) is 9.13. The molecule has 0 N–H and O–H groups in total. The van der Waals surface area contributed by atoms with Gasteiger partial charge in [0.05, 0.1) is 24.2 Å². The Kier molecular flexibility index (Phi) is 6.32. The Balaban J connectivity index is 1.73. The first kappa shape index (κ1) is 20.8. The van der Waals surface area contributed by atoms with Crippen LogP contribution in [0.2, 0.25) is 0 Å². The first-order valence-electron chi connectivity index (χ1n) is 10.9. The lowest BCUT2D eigenvalue weighted by atomic mass is 9.69. The van der Waals surface area contributed by atoms with Gasteiger partial charge in [0.15, 0.2) is 0 Å². The quantitative estimate of drug-likeness (QED) is 0.662. The highest BCUT2D eigenvalue weighted by Crippen LogP contribution is 2.45. The summed E-state index contributed by atoms with van der Waals surface area (Å²) in [5, 5.41) is 0. The van der Waals surface area contributed by atoms with E-state index in [1.807, 2.05) is 38.1 Å². The third-order valence-corrected chi connectivity index (χ3v) is 6.11. The maximum Gasteiger partial charge on any atom is 0.336 e. The van der Waals surface area contributed by atoms with E-state index >= 15 is 0 Å². The molecule has 6 heteroatoms. The fourth-order valence-corrected chi connectivity index (χ4v) is 4.77. The Labute approximate surface area is 177 Å². The number of hydrogen-bond acceptors (Lipinski definition) is 6. The third kappa shape index (κ3) is 4.06. The summed E-state index contributed by atoms with van der Waals surface area (Å²) in [6.07, 6.45) is 3.92. The molecule has 160 valence electrons. The van der Waals surface area contributed by atoms with Crippen LogP contribution in [0.15, 0.2) is 40.5 Å². The molecule has 2 aliphatic heterocycles. The third-order valence-electron chi connectivity index (χ3n) is 6.11. The van der Waals surface area contributed by atoms with Crippen LogP contribution in [0.5, 0.6) is 5.75 Å². The first-order valence-corrected chi connectivity index (χ1v) is 10.9.